The smallest absolute Gasteiger partial charge is 0.152 e. The Bertz CT molecular complexity index is 199. The summed E-state index contributed by atoms with van der Waals surface area (Å²) in [5, 5.41) is 17.6. The first-order valence-electron chi connectivity index (χ1n) is 3.76. The van der Waals surface area contributed by atoms with Crippen molar-refractivity contribution in [1.82, 2.24) is 0 Å². The summed E-state index contributed by atoms with van der Waals surface area (Å²) in [6.07, 6.45) is 1.47. The summed E-state index contributed by atoms with van der Waals surface area (Å²) in [5.74, 6) is 0. The minimum Gasteiger partial charge on any atom is -0.393 e. The standard InChI is InChI=1S/C8H13NO2/c1-7(5-9)3-4-8(2,6-10)11-7/h10H,3-4,6H2,1-2H3. The molecule has 0 aromatic heterocycles. The van der Waals surface area contributed by atoms with Crippen LogP contribution in [0.3, 0.4) is 0 Å². The highest BCUT2D eigenvalue weighted by atomic mass is 16.5. The largest absolute Gasteiger partial charge is 0.393 e. The van der Waals surface area contributed by atoms with E-state index in [1.54, 1.807) is 6.92 Å². The molecule has 1 fully saturated rings. The predicted octanol–water partition coefficient (Wildman–Crippen LogP) is 0.830. The lowest BCUT2D eigenvalue weighted by Gasteiger charge is -2.23. The Balaban J connectivity index is 2.68. The molecule has 1 saturated heterocycles. The molecule has 0 amide bonds. The van der Waals surface area contributed by atoms with Crippen LogP contribution < -0.4 is 0 Å². The van der Waals surface area contributed by atoms with Crippen LogP contribution >= 0.6 is 0 Å². The van der Waals surface area contributed by atoms with Crippen LogP contribution in [0.4, 0.5) is 0 Å². The average molecular weight is 155 g/mol. The van der Waals surface area contributed by atoms with Gasteiger partial charge in [-0.3, -0.25) is 0 Å². The van der Waals surface area contributed by atoms with Gasteiger partial charge < -0.3 is 9.84 Å². The molecular formula is C8H13NO2. The molecule has 0 spiro atoms. The molecular weight excluding hydrogens is 142 g/mol. The second-order valence-corrected chi connectivity index (χ2v) is 3.55. The van der Waals surface area contributed by atoms with Crippen LogP contribution in [0.1, 0.15) is 26.7 Å². The van der Waals surface area contributed by atoms with Crippen LogP contribution in [0.15, 0.2) is 0 Å². The van der Waals surface area contributed by atoms with E-state index in [9.17, 15) is 0 Å². The highest BCUT2D eigenvalue weighted by Gasteiger charge is 2.43. The minimum atomic E-state index is -0.683. The molecule has 1 rings (SSSR count). The fourth-order valence-electron chi connectivity index (χ4n) is 1.34. The molecule has 3 heteroatoms. The Hall–Kier alpha value is -0.590. The van der Waals surface area contributed by atoms with Crippen LogP contribution in [0.5, 0.6) is 0 Å². The van der Waals surface area contributed by atoms with Crippen molar-refractivity contribution in [2.45, 2.75) is 37.9 Å². The molecule has 0 saturated carbocycles. The van der Waals surface area contributed by atoms with Gasteiger partial charge in [0.05, 0.1) is 18.3 Å². The van der Waals surface area contributed by atoms with Gasteiger partial charge in [-0.1, -0.05) is 0 Å². The summed E-state index contributed by atoms with van der Waals surface area (Å²) >= 11 is 0. The van der Waals surface area contributed by atoms with Crippen LogP contribution in [-0.4, -0.2) is 22.9 Å². The predicted molar refractivity (Wildman–Crippen MR) is 39.8 cm³/mol. The molecule has 2 atom stereocenters. The zero-order valence-corrected chi connectivity index (χ0v) is 6.92. The molecule has 0 radical (unpaired) electrons. The van der Waals surface area contributed by atoms with E-state index in [0.717, 1.165) is 6.42 Å². The number of hydrogen-bond donors (Lipinski definition) is 1. The fraction of sp³-hybridized carbons (Fsp3) is 0.875. The van der Waals surface area contributed by atoms with E-state index in [4.69, 9.17) is 15.1 Å². The van der Waals surface area contributed by atoms with Crippen molar-refractivity contribution in [3.63, 3.8) is 0 Å². The third kappa shape index (κ3) is 1.52. The number of aliphatic hydroxyl groups is 1. The molecule has 0 aliphatic carbocycles. The summed E-state index contributed by atoms with van der Waals surface area (Å²) in [7, 11) is 0. The highest BCUT2D eigenvalue weighted by molar-refractivity contribution is 5.05. The lowest BCUT2D eigenvalue weighted by atomic mass is 10.00. The Morgan fingerprint density at radius 3 is 2.45 bits per heavy atom. The first-order valence-corrected chi connectivity index (χ1v) is 3.76. The molecule has 2 unspecified atom stereocenters. The monoisotopic (exact) mass is 155 g/mol. The Labute approximate surface area is 66.6 Å². The molecule has 3 nitrogen and oxygen atoms in total. The third-order valence-corrected chi connectivity index (χ3v) is 2.17. The maximum Gasteiger partial charge on any atom is 0.152 e. The second-order valence-electron chi connectivity index (χ2n) is 3.55. The van der Waals surface area contributed by atoms with E-state index < -0.39 is 11.2 Å². The SMILES string of the molecule is CC1(C#N)CCC(C)(CO)O1. The van der Waals surface area contributed by atoms with Gasteiger partial charge in [0.1, 0.15) is 0 Å². The van der Waals surface area contributed by atoms with Crippen molar-refractivity contribution in [1.29, 1.82) is 5.26 Å². The number of nitriles is 1. The van der Waals surface area contributed by atoms with E-state index in [0.29, 0.717) is 6.42 Å². The fourth-order valence-corrected chi connectivity index (χ4v) is 1.34. The molecule has 1 aliphatic heterocycles. The van der Waals surface area contributed by atoms with Crippen LogP contribution in [0.2, 0.25) is 0 Å². The zero-order chi connectivity index (χ0) is 8.54. The van der Waals surface area contributed by atoms with Gasteiger partial charge in [0.2, 0.25) is 0 Å². The molecule has 0 bridgehead atoms. The van der Waals surface area contributed by atoms with E-state index in [1.807, 2.05) is 6.92 Å². The molecule has 0 aromatic carbocycles. The van der Waals surface area contributed by atoms with Gasteiger partial charge >= 0.3 is 0 Å². The molecule has 1 heterocycles. The normalized spacial score (nSPS) is 43.8. The number of rotatable bonds is 1. The summed E-state index contributed by atoms with van der Waals surface area (Å²) < 4.78 is 5.42. The number of ether oxygens (including phenoxy) is 1. The van der Waals surface area contributed by atoms with Gasteiger partial charge in [-0.15, -0.1) is 0 Å². The third-order valence-electron chi connectivity index (χ3n) is 2.17. The molecule has 1 N–H and O–H groups in total. The average Bonchev–Trinajstić information content (AvgIpc) is 2.30. The molecule has 11 heavy (non-hydrogen) atoms. The van der Waals surface area contributed by atoms with Crippen molar-refractivity contribution in [3.05, 3.63) is 0 Å². The van der Waals surface area contributed by atoms with Gasteiger partial charge in [-0.05, 0) is 26.7 Å². The van der Waals surface area contributed by atoms with Crippen molar-refractivity contribution in [2.24, 2.45) is 0 Å². The van der Waals surface area contributed by atoms with Crippen molar-refractivity contribution in [2.75, 3.05) is 6.61 Å². The van der Waals surface area contributed by atoms with Crippen molar-refractivity contribution in [3.8, 4) is 6.07 Å². The van der Waals surface area contributed by atoms with E-state index in [-0.39, 0.29) is 6.61 Å². The van der Waals surface area contributed by atoms with Crippen LogP contribution in [0.25, 0.3) is 0 Å². The highest BCUT2D eigenvalue weighted by Crippen LogP contribution is 2.36. The van der Waals surface area contributed by atoms with Gasteiger partial charge in [0.15, 0.2) is 5.60 Å². The Kier molecular flexibility index (Phi) is 1.91. The Morgan fingerprint density at radius 2 is 2.18 bits per heavy atom. The van der Waals surface area contributed by atoms with E-state index in [1.165, 1.54) is 0 Å². The molecule has 1 aliphatic rings. The van der Waals surface area contributed by atoms with Crippen molar-refractivity contribution >= 4 is 0 Å². The number of aliphatic hydroxyl groups excluding tert-OH is 1. The minimum absolute atomic E-state index is 0.00965. The van der Waals surface area contributed by atoms with Gasteiger partial charge in [0.25, 0.3) is 0 Å². The molecule has 62 valence electrons. The first kappa shape index (κ1) is 8.51. The quantitative estimate of drug-likeness (QED) is 0.610. The van der Waals surface area contributed by atoms with E-state index in [2.05, 4.69) is 6.07 Å². The topological polar surface area (TPSA) is 53.2 Å². The lowest BCUT2D eigenvalue weighted by Crippen LogP contribution is -2.33. The van der Waals surface area contributed by atoms with Crippen LogP contribution in [0, 0.1) is 11.3 Å². The summed E-state index contributed by atoms with van der Waals surface area (Å²) in [6.45, 7) is 3.58. The number of hydrogen-bond acceptors (Lipinski definition) is 3. The zero-order valence-electron chi connectivity index (χ0n) is 6.92. The molecule has 0 aromatic rings. The maximum absolute atomic E-state index is 8.92. The van der Waals surface area contributed by atoms with Gasteiger partial charge in [0, 0.05) is 0 Å². The summed E-state index contributed by atoms with van der Waals surface area (Å²) in [6, 6.07) is 2.10. The first-order chi connectivity index (χ1) is 5.04. The second kappa shape index (κ2) is 2.47. The summed E-state index contributed by atoms with van der Waals surface area (Å²) in [4.78, 5) is 0. The van der Waals surface area contributed by atoms with Gasteiger partial charge in [-0.25, -0.2) is 0 Å². The maximum atomic E-state index is 8.92. The van der Waals surface area contributed by atoms with Gasteiger partial charge in [-0.2, -0.15) is 5.26 Å². The summed E-state index contributed by atoms with van der Waals surface area (Å²) in [5.41, 5.74) is -1.18. The Morgan fingerprint density at radius 1 is 1.55 bits per heavy atom. The van der Waals surface area contributed by atoms with E-state index >= 15 is 0 Å². The lowest BCUT2D eigenvalue weighted by molar-refractivity contribution is -0.0826. The van der Waals surface area contributed by atoms with Crippen LogP contribution in [-0.2, 0) is 4.74 Å². The van der Waals surface area contributed by atoms with Crippen molar-refractivity contribution < 1.29 is 9.84 Å². The number of nitrogens with zero attached hydrogens (tertiary/aromatic N) is 1.